The summed E-state index contributed by atoms with van der Waals surface area (Å²) in [5.74, 6) is 1.48. The monoisotopic (exact) mass is 224 g/mol. The lowest BCUT2D eigenvalue weighted by Crippen LogP contribution is -2.43. The van der Waals surface area contributed by atoms with Crippen LogP contribution in [0, 0.1) is 17.3 Å². The fourth-order valence-electron chi connectivity index (χ4n) is 4.01. The van der Waals surface area contributed by atoms with Gasteiger partial charge in [-0.1, -0.05) is 6.92 Å². The second-order valence-electron chi connectivity index (χ2n) is 6.85. The van der Waals surface area contributed by atoms with Crippen molar-refractivity contribution in [2.75, 3.05) is 6.61 Å². The first kappa shape index (κ1) is 11.0. The Morgan fingerprint density at radius 3 is 2.44 bits per heavy atom. The standard InChI is InChI=1S/C14H24O2/c1-13-5-3-10(14(2)9-16-14)7-11(13)8-12(15)4-6-13/h10-12,15H,3-9H2,1-2H3/t10-,11?,12?,13?,14?/m1/s1. The molecule has 2 heteroatoms. The molecule has 2 nitrogen and oxygen atoms in total. The third kappa shape index (κ3) is 1.70. The van der Waals surface area contributed by atoms with E-state index in [9.17, 15) is 5.11 Å². The average molecular weight is 224 g/mol. The Bertz CT molecular complexity index is 284. The van der Waals surface area contributed by atoms with Gasteiger partial charge in [-0.15, -0.1) is 0 Å². The Kier molecular flexibility index (Phi) is 2.38. The Morgan fingerprint density at radius 1 is 1.06 bits per heavy atom. The van der Waals surface area contributed by atoms with Crippen molar-refractivity contribution in [1.29, 1.82) is 0 Å². The van der Waals surface area contributed by atoms with Crippen molar-refractivity contribution in [3.63, 3.8) is 0 Å². The van der Waals surface area contributed by atoms with Crippen LogP contribution < -0.4 is 0 Å². The van der Waals surface area contributed by atoms with Crippen molar-refractivity contribution in [3.05, 3.63) is 0 Å². The molecule has 5 atom stereocenters. The zero-order chi connectivity index (χ0) is 11.4. The molecule has 16 heavy (non-hydrogen) atoms. The summed E-state index contributed by atoms with van der Waals surface area (Å²) in [7, 11) is 0. The van der Waals surface area contributed by atoms with Crippen molar-refractivity contribution in [1.82, 2.24) is 0 Å². The summed E-state index contributed by atoms with van der Waals surface area (Å²) in [5, 5.41) is 9.84. The molecular weight excluding hydrogens is 200 g/mol. The molecular formula is C14H24O2. The van der Waals surface area contributed by atoms with Gasteiger partial charge in [-0.05, 0) is 62.7 Å². The molecule has 1 aliphatic heterocycles. The van der Waals surface area contributed by atoms with E-state index in [0.717, 1.165) is 31.3 Å². The summed E-state index contributed by atoms with van der Waals surface area (Å²) in [5.41, 5.74) is 0.713. The molecule has 0 bridgehead atoms. The minimum absolute atomic E-state index is 0.0373. The molecule has 0 radical (unpaired) electrons. The van der Waals surface area contributed by atoms with Gasteiger partial charge in [0.05, 0.1) is 18.3 Å². The Hall–Kier alpha value is -0.0800. The molecule has 1 N–H and O–H groups in total. The molecule has 0 spiro atoms. The molecule has 1 heterocycles. The first-order valence-electron chi connectivity index (χ1n) is 6.84. The maximum atomic E-state index is 9.84. The number of hydrogen-bond donors (Lipinski definition) is 1. The van der Waals surface area contributed by atoms with Gasteiger partial charge in [-0.2, -0.15) is 0 Å². The van der Waals surface area contributed by atoms with Crippen LogP contribution in [0.15, 0.2) is 0 Å². The number of rotatable bonds is 1. The second-order valence-corrected chi connectivity index (χ2v) is 6.85. The summed E-state index contributed by atoms with van der Waals surface area (Å²) in [6, 6.07) is 0. The van der Waals surface area contributed by atoms with Gasteiger partial charge in [0.25, 0.3) is 0 Å². The molecule has 0 amide bonds. The largest absolute Gasteiger partial charge is 0.393 e. The van der Waals surface area contributed by atoms with Gasteiger partial charge in [0.15, 0.2) is 0 Å². The summed E-state index contributed by atoms with van der Waals surface area (Å²) in [6.07, 6.45) is 7.19. The van der Waals surface area contributed by atoms with E-state index in [4.69, 9.17) is 4.74 Å². The molecule has 3 fully saturated rings. The topological polar surface area (TPSA) is 32.8 Å². The van der Waals surface area contributed by atoms with Crippen LogP contribution >= 0.6 is 0 Å². The van der Waals surface area contributed by atoms with Crippen molar-refractivity contribution in [2.45, 2.75) is 64.1 Å². The van der Waals surface area contributed by atoms with E-state index in [1.165, 1.54) is 25.7 Å². The molecule has 0 aromatic carbocycles. The average Bonchev–Trinajstić information content (AvgIpc) is 2.98. The molecule has 92 valence electrons. The number of hydrogen-bond acceptors (Lipinski definition) is 2. The van der Waals surface area contributed by atoms with E-state index in [1.807, 2.05) is 0 Å². The summed E-state index contributed by atoms with van der Waals surface area (Å²) >= 11 is 0. The molecule has 2 saturated carbocycles. The van der Waals surface area contributed by atoms with Crippen molar-refractivity contribution < 1.29 is 9.84 Å². The van der Waals surface area contributed by atoms with E-state index >= 15 is 0 Å². The Labute approximate surface area is 98.4 Å². The van der Waals surface area contributed by atoms with Gasteiger partial charge in [0, 0.05) is 0 Å². The fraction of sp³-hybridized carbons (Fsp3) is 1.00. The number of aliphatic hydroxyl groups is 1. The third-order valence-corrected chi connectivity index (χ3v) is 5.69. The van der Waals surface area contributed by atoms with E-state index in [1.54, 1.807) is 0 Å². The van der Waals surface area contributed by atoms with Crippen LogP contribution in [-0.4, -0.2) is 23.4 Å². The Balaban J connectivity index is 1.72. The van der Waals surface area contributed by atoms with Gasteiger partial charge < -0.3 is 9.84 Å². The summed E-state index contributed by atoms with van der Waals surface area (Å²) in [4.78, 5) is 0. The highest BCUT2D eigenvalue weighted by atomic mass is 16.6. The summed E-state index contributed by atoms with van der Waals surface area (Å²) < 4.78 is 5.61. The van der Waals surface area contributed by atoms with Gasteiger partial charge in [0.2, 0.25) is 0 Å². The van der Waals surface area contributed by atoms with Crippen LogP contribution in [-0.2, 0) is 4.74 Å². The second kappa shape index (κ2) is 3.46. The van der Waals surface area contributed by atoms with E-state index in [0.29, 0.717) is 5.41 Å². The van der Waals surface area contributed by atoms with Crippen LogP contribution in [0.5, 0.6) is 0 Å². The number of ether oxygens (including phenoxy) is 1. The first-order valence-corrected chi connectivity index (χ1v) is 6.84. The molecule has 1 saturated heterocycles. The SMILES string of the molecule is CC12CCC(O)CC1C[C@H](C1(C)CO1)CC2. The third-order valence-electron chi connectivity index (χ3n) is 5.69. The van der Waals surface area contributed by atoms with Gasteiger partial charge >= 0.3 is 0 Å². The molecule has 0 aromatic heterocycles. The van der Waals surface area contributed by atoms with E-state index in [2.05, 4.69) is 13.8 Å². The number of fused-ring (bicyclic) bond motifs is 1. The maximum absolute atomic E-state index is 9.84. The van der Waals surface area contributed by atoms with Crippen LogP contribution in [0.4, 0.5) is 0 Å². The smallest absolute Gasteiger partial charge is 0.0916 e. The molecule has 3 rings (SSSR count). The van der Waals surface area contributed by atoms with Crippen LogP contribution in [0.3, 0.4) is 0 Å². The van der Waals surface area contributed by atoms with Crippen LogP contribution in [0.25, 0.3) is 0 Å². The maximum Gasteiger partial charge on any atom is 0.0916 e. The van der Waals surface area contributed by atoms with E-state index < -0.39 is 0 Å². The van der Waals surface area contributed by atoms with Crippen molar-refractivity contribution in [2.24, 2.45) is 17.3 Å². The number of aliphatic hydroxyl groups excluding tert-OH is 1. The lowest BCUT2D eigenvalue weighted by Gasteiger charge is -2.49. The van der Waals surface area contributed by atoms with Gasteiger partial charge in [-0.25, -0.2) is 0 Å². The molecule has 4 unspecified atom stereocenters. The zero-order valence-electron chi connectivity index (χ0n) is 10.5. The van der Waals surface area contributed by atoms with E-state index in [-0.39, 0.29) is 11.7 Å². The zero-order valence-corrected chi connectivity index (χ0v) is 10.5. The minimum atomic E-state index is -0.0373. The highest BCUT2D eigenvalue weighted by molar-refractivity contribution is 5.02. The van der Waals surface area contributed by atoms with Gasteiger partial charge in [-0.3, -0.25) is 0 Å². The van der Waals surface area contributed by atoms with Gasteiger partial charge in [0.1, 0.15) is 0 Å². The van der Waals surface area contributed by atoms with Crippen LogP contribution in [0.1, 0.15) is 52.4 Å². The Morgan fingerprint density at radius 2 is 1.75 bits per heavy atom. The molecule has 3 aliphatic rings. The number of epoxide rings is 1. The lowest BCUT2D eigenvalue weighted by molar-refractivity contribution is -0.0339. The highest BCUT2D eigenvalue weighted by Crippen LogP contribution is 2.55. The van der Waals surface area contributed by atoms with Crippen molar-refractivity contribution in [3.8, 4) is 0 Å². The first-order chi connectivity index (χ1) is 7.52. The lowest BCUT2D eigenvalue weighted by atomic mass is 9.56. The van der Waals surface area contributed by atoms with Crippen LogP contribution in [0.2, 0.25) is 0 Å². The highest BCUT2D eigenvalue weighted by Gasteiger charge is 2.52. The van der Waals surface area contributed by atoms with Crippen molar-refractivity contribution >= 4 is 0 Å². The summed E-state index contributed by atoms with van der Waals surface area (Å²) in [6.45, 7) is 5.67. The normalized spacial score (nSPS) is 56.8. The minimum Gasteiger partial charge on any atom is -0.393 e. The predicted molar refractivity (Wildman–Crippen MR) is 63.2 cm³/mol. The predicted octanol–water partition coefficient (Wildman–Crippen LogP) is 2.74. The molecule has 2 aliphatic carbocycles. The quantitative estimate of drug-likeness (QED) is 0.695. The fourth-order valence-corrected chi connectivity index (χ4v) is 4.01. The molecule has 0 aromatic rings.